The molecule has 186 valence electrons. The van der Waals surface area contributed by atoms with Crippen molar-refractivity contribution >= 4 is 40.7 Å². The molecule has 4 heterocycles. The van der Waals surface area contributed by atoms with Crippen LogP contribution in [-0.4, -0.2) is 77.0 Å². The number of carbonyl (C=O) groups is 2. The summed E-state index contributed by atoms with van der Waals surface area (Å²) < 4.78 is 7.66. The Morgan fingerprint density at radius 2 is 2.12 bits per heavy atom. The number of rotatable bonds is 4. The molecular formula is C23H33ClN6O3S. The summed E-state index contributed by atoms with van der Waals surface area (Å²) in [5, 5.41) is 11.5. The molecule has 2 atom stereocenters. The van der Waals surface area contributed by atoms with Gasteiger partial charge in [0.2, 0.25) is 0 Å². The summed E-state index contributed by atoms with van der Waals surface area (Å²) in [5.74, 6) is 0.530. The number of nitrogens with zero attached hydrogens (tertiary/aromatic N) is 4. The third kappa shape index (κ3) is 5.56. The summed E-state index contributed by atoms with van der Waals surface area (Å²) in [6.45, 7) is 11.7. The molecule has 0 radical (unpaired) electrons. The van der Waals surface area contributed by atoms with Crippen LogP contribution in [0, 0.1) is 5.41 Å². The van der Waals surface area contributed by atoms with Crippen molar-refractivity contribution in [1.29, 1.82) is 0 Å². The van der Waals surface area contributed by atoms with Gasteiger partial charge in [0.1, 0.15) is 5.82 Å². The second-order valence-electron chi connectivity index (χ2n) is 9.83. The minimum Gasteiger partial charge on any atom is -0.377 e. The molecule has 2 aliphatic heterocycles. The molecule has 2 amide bonds. The highest BCUT2D eigenvalue weighted by Crippen LogP contribution is 2.27. The maximum Gasteiger partial charge on any atom is 0.320 e. The zero-order valence-electron chi connectivity index (χ0n) is 20.1. The van der Waals surface area contributed by atoms with Gasteiger partial charge in [-0.1, -0.05) is 32.4 Å². The Bertz CT molecular complexity index is 1030. The van der Waals surface area contributed by atoms with Crippen molar-refractivity contribution in [2.24, 2.45) is 5.41 Å². The van der Waals surface area contributed by atoms with Crippen LogP contribution in [0.5, 0.6) is 0 Å². The first kappa shape index (κ1) is 25.0. The average molecular weight is 509 g/mol. The topological polar surface area (TPSA) is 91.7 Å². The van der Waals surface area contributed by atoms with Crippen molar-refractivity contribution in [3.8, 4) is 0 Å². The lowest BCUT2D eigenvalue weighted by molar-refractivity contribution is 0.00833. The number of hydrogen-bond donors (Lipinski definition) is 2. The van der Waals surface area contributed by atoms with Crippen molar-refractivity contribution in [2.75, 3.05) is 44.7 Å². The molecule has 0 bridgehead atoms. The summed E-state index contributed by atoms with van der Waals surface area (Å²) >= 11 is 7.56. The number of carbonyl (C=O) groups excluding carboxylic acids is 2. The van der Waals surface area contributed by atoms with E-state index in [1.165, 1.54) is 16.0 Å². The van der Waals surface area contributed by atoms with Gasteiger partial charge >= 0.3 is 6.03 Å². The van der Waals surface area contributed by atoms with E-state index in [-0.39, 0.29) is 24.0 Å². The van der Waals surface area contributed by atoms with Gasteiger partial charge in [-0.15, -0.1) is 11.3 Å². The number of piperazine rings is 1. The molecule has 34 heavy (non-hydrogen) atoms. The molecule has 2 fully saturated rings. The first-order valence-corrected chi connectivity index (χ1v) is 12.8. The Balaban J connectivity index is 1.53. The van der Waals surface area contributed by atoms with Crippen molar-refractivity contribution in [1.82, 2.24) is 24.9 Å². The molecule has 0 aromatic carbocycles. The fraction of sp³-hybridized carbons (Fsp3) is 0.609. The molecule has 2 saturated heterocycles. The lowest BCUT2D eigenvalue weighted by Crippen LogP contribution is -2.57. The highest BCUT2D eigenvalue weighted by atomic mass is 35.5. The fourth-order valence-electron chi connectivity index (χ4n) is 4.11. The van der Waals surface area contributed by atoms with Crippen molar-refractivity contribution < 1.29 is 14.3 Å². The van der Waals surface area contributed by atoms with E-state index in [1.807, 2.05) is 55.7 Å². The quantitative estimate of drug-likeness (QED) is 0.654. The van der Waals surface area contributed by atoms with Crippen LogP contribution in [0.3, 0.4) is 0 Å². The Morgan fingerprint density at radius 3 is 2.79 bits per heavy atom. The first-order valence-electron chi connectivity index (χ1n) is 11.6. The predicted octanol–water partition coefficient (Wildman–Crippen LogP) is 3.68. The van der Waals surface area contributed by atoms with E-state index in [2.05, 4.69) is 15.7 Å². The molecule has 9 nitrogen and oxygen atoms in total. The molecule has 0 aliphatic carbocycles. The largest absolute Gasteiger partial charge is 0.377 e. The van der Waals surface area contributed by atoms with Crippen LogP contribution in [0.4, 0.5) is 10.6 Å². The number of urea groups is 1. The number of morpholine rings is 1. The van der Waals surface area contributed by atoms with Crippen molar-refractivity contribution in [3.05, 3.63) is 33.1 Å². The van der Waals surface area contributed by atoms with Gasteiger partial charge in [0.15, 0.2) is 0 Å². The van der Waals surface area contributed by atoms with Crippen LogP contribution in [0.2, 0.25) is 4.34 Å². The maximum atomic E-state index is 13.2. The fourth-order valence-corrected chi connectivity index (χ4v) is 5.13. The molecule has 2 unspecified atom stereocenters. The predicted molar refractivity (Wildman–Crippen MR) is 134 cm³/mol. The van der Waals surface area contributed by atoms with Crippen LogP contribution in [0.1, 0.15) is 49.1 Å². The molecule has 11 heteroatoms. The number of thiophene rings is 1. The van der Waals surface area contributed by atoms with Crippen molar-refractivity contribution in [3.63, 3.8) is 0 Å². The van der Waals surface area contributed by atoms with E-state index in [4.69, 9.17) is 16.3 Å². The van der Waals surface area contributed by atoms with E-state index in [0.717, 1.165) is 14.9 Å². The van der Waals surface area contributed by atoms with E-state index in [0.29, 0.717) is 51.8 Å². The van der Waals surface area contributed by atoms with E-state index >= 15 is 0 Å². The molecule has 2 aromatic heterocycles. The first-order chi connectivity index (χ1) is 16.1. The Kier molecular flexibility index (Phi) is 7.51. The van der Waals surface area contributed by atoms with Gasteiger partial charge < -0.3 is 25.2 Å². The average Bonchev–Trinajstić information content (AvgIpc) is 3.42. The summed E-state index contributed by atoms with van der Waals surface area (Å²) in [5.41, 5.74) is 0.136. The number of ether oxygens (including phenoxy) is 1. The molecular weight excluding hydrogens is 476 g/mol. The molecule has 2 N–H and O–H groups in total. The maximum absolute atomic E-state index is 13.2. The van der Waals surface area contributed by atoms with Gasteiger partial charge in [-0.2, -0.15) is 9.78 Å². The van der Waals surface area contributed by atoms with Crippen LogP contribution >= 0.6 is 22.9 Å². The lowest BCUT2D eigenvalue weighted by atomic mass is 9.96. The van der Waals surface area contributed by atoms with E-state index in [9.17, 15) is 9.59 Å². The number of nitrogens with one attached hydrogen (secondary N) is 2. The molecule has 0 spiro atoms. The molecule has 2 aromatic rings. The second kappa shape index (κ2) is 10.2. The van der Waals surface area contributed by atoms with Gasteiger partial charge in [0, 0.05) is 42.5 Å². The Morgan fingerprint density at radius 1 is 1.32 bits per heavy atom. The van der Waals surface area contributed by atoms with Crippen molar-refractivity contribution in [2.45, 2.75) is 46.3 Å². The number of anilines is 1. The minimum atomic E-state index is -0.597. The highest BCUT2D eigenvalue weighted by molar-refractivity contribution is 7.16. The second-order valence-corrected chi connectivity index (χ2v) is 11.6. The number of halogens is 1. The molecule has 2 aliphatic rings. The van der Waals surface area contributed by atoms with Crippen LogP contribution < -0.4 is 10.6 Å². The van der Waals surface area contributed by atoms with E-state index < -0.39 is 5.41 Å². The summed E-state index contributed by atoms with van der Waals surface area (Å²) in [6.07, 6.45) is 0. The monoisotopic (exact) mass is 508 g/mol. The Hall–Kier alpha value is -2.14. The number of amides is 2. The smallest absolute Gasteiger partial charge is 0.320 e. The lowest BCUT2D eigenvalue weighted by Gasteiger charge is -2.40. The van der Waals surface area contributed by atoms with E-state index in [1.54, 1.807) is 0 Å². The van der Waals surface area contributed by atoms with Crippen LogP contribution in [-0.2, 0) is 11.3 Å². The third-order valence-electron chi connectivity index (χ3n) is 6.05. The van der Waals surface area contributed by atoms with Crippen LogP contribution in [0.25, 0.3) is 0 Å². The van der Waals surface area contributed by atoms with Gasteiger partial charge in [-0.05, 0) is 19.1 Å². The van der Waals surface area contributed by atoms with Crippen LogP contribution in [0.15, 0.2) is 18.2 Å². The molecule has 4 rings (SSSR count). The third-order valence-corrected chi connectivity index (χ3v) is 7.28. The van der Waals surface area contributed by atoms with Gasteiger partial charge in [-0.25, -0.2) is 4.79 Å². The summed E-state index contributed by atoms with van der Waals surface area (Å²) in [4.78, 5) is 31.1. The van der Waals surface area contributed by atoms with Gasteiger partial charge in [0.25, 0.3) is 5.91 Å². The van der Waals surface area contributed by atoms with Gasteiger partial charge in [-0.3, -0.25) is 4.79 Å². The minimum absolute atomic E-state index is 0.0282. The number of aromatic nitrogens is 2. The summed E-state index contributed by atoms with van der Waals surface area (Å²) in [6, 6.07) is 5.65. The SMILES string of the molecule is CC1COCCN1C(=O)N1CCNC(c2cc(NCc3ccc(Cl)s3)n(C(=O)C(C)(C)C)n2)C1. The summed E-state index contributed by atoms with van der Waals surface area (Å²) in [7, 11) is 0. The normalized spacial score (nSPS) is 21.6. The number of hydrogen-bond acceptors (Lipinski definition) is 7. The zero-order chi connectivity index (χ0) is 24.5. The van der Waals surface area contributed by atoms with Gasteiger partial charge in [0.05, 0.1) is 41.9 Å². The standard InChI is InChI=1S/C23H33ClN6O3S/c1-15-14-33-10-9-29(15)22(32)28-8-7-25-18(13-28)17-11-20(26-12-16-5-6-19(24)34-16)30(27-17)21(31)23(2,3)4/h5-6,11,15,18,25-26H,7-10,12-14H2,1-4H3. The zero-order valence-corrected chi connectivity index (χ0v) is 21.7. The molecule has 0 saturated carbocycles. The Labute approximate surface area is 209 Å². The highest BCUT2D eigenvalue weighted by Gasteiger charge is 2.33.